The summed E-state index contributed by atoms with van der Waals surface area (Å²) >= 11 is 0. The van der Waals surface area contributed by atoms with Crippen LogP contribution in [0.5, 0.6) is 0 Å². The van der Waals surface area contributed by atoms with Gasteiger partial charge in [0.2, 0.25) is 0 Å². The molecule has 0 bridgehead atoms. The number of carbonyl (C=O) groups excluding carboxylic acids is 2. The molecule has 3 nitrogen and oxygen atoms in total. The SMILES string of the molecule is CC(=O)c1ccc(C(=O)NC2CCCCCC2)cc1. The van der Waals surface area contributed by atoms with Crippen molar-refractivity contribution in [3.05, 3.63) is 35.4 Å². The lowest BCUT2D eigenvalue weighted by molar-refractivity contribution is 0.0931. The monoisotopic (exact) mass is 259 g/mol. The van der Waals surface area contributed by atoms with Gasteiger partial charge in [0, 0.05) is 17.2 Å². The first-order valence-corrected chi connectivity index (χ1v) is 7.08. The maximum atomic E-state index is 12.1. The van der Waals surface area contributed by atoms with E-state index in [4.69, 9.17) is 0 Å². The maximum Gasteiger partial charge on any atom is 0.251 e. The number of nitrogens with one attached hydrogen (secondary N) is 1. The van der Waals surface area contributed by atoms with E-state index in [1.165, 1.54) is 32.6 Å². The third-order valence-electron chi connectivity index (χ3n) is 3.74. The molecule has 19 heavy (non-hydrogen) atoms. The van der Waals surface area contributed by atoms with Crippen molar-refractivity contribution in [1.82, 2.24) is 5.32 Å². The van der Waals surface area contributed by atoms with Crippen molar-refractivity contribution in [2.75, 3.05) is 0 Å². The molecule has 1 aliphatic rings. The van der Waals surface area contributed by atoms with Gasteiger partial charge in [-0.05, 0) is 31.9 Å². The molecule has 2 rings (SSSR count). The van der Waals surface area contributed by atoms with Crippen LogP contribution in [0.15, 0.2) is 24.3 Å². The summed E-state index contributed by atoms with van der Waals surface area (Å²) in [5, 5.41) is 3.10. The number of hydrogen-bond donors (Lipinski definition) is 1. The number of amides is 1. The molecule has 0 saturated heterocycles. The first kappa shape index (κ1) is 13.8. The van der Waals surface area contributed by atoms with Gasteiger partial charge in [0.15, 0.2) is 5.78 Å². The molecule has 1 N–H and O–H groups in total. The molecule has 0 unspecified atom stereocenters. The van der Waals surface area contributed by atoms with Crippen LogP contribution in [0.2, 0.25) is 0 Å². The fraction of sp³-hybridized carbons (Fsp3) is 0.500. The Bertz CT molecular complexity index is 442. The second kappa shape index (κ2) is 6.50. The quantitative estimate of drug-likeness (QED) is 0.668. The van der Waals surface area contributed by atoms with Crippen LogP contribution < -0.4 is 5.32 Å². The van der Waals surface area contributed by atoms with Crippen LogP contribution in [0.1, 0.15) is 66.2 Å². The minimum absolute atomic E-state index is 0.0238. The lowest BCUT2D eigenvalue weighted by atomic mass is 10.1. The van der Waals surface area contributed by atoms with Crippen molar-refractivity contribution < 1.29 is 9.59 Å². The van der Waals surface area contributed by atoms with E-state index >= 15 is 0 Å². The normalized spacial score (nSPS) is 16.7. The van der Waals surface area contributed by atoms with Gasteiger partial charge in [0.25, 0.3) is 5.91 Å². The lowest BCUT2D eigenvalue weighted by Gasteiger charge is -2.16. The van der Waals surface area contributed by atoms with E-state index in [1.54, 1.807) is 24.3 Å². The van der Waals surface area contributed by atoms with Crippen LogP contribution in [0.4, 0.5) is 0 Å². The Morgan fingerprint density at radius 3 is 2.00 bits per heavy atom. The van der Waals surface area contributed by atoms with Crippen LogP contribution >= 0.6 is 0 Å². The molecular formula is C16H21NO2. The van der Waals surface area contributed by atoms with E-state index in [1.807, 2.05) is 0 Å². The predicted molar refractivity (Wildman–Crippen MR) is 75.4 cm³/mol. The Morgan fingerprint density at radius 1 is 0.947 bits per heavy atom. The molecule has 0 atom stereocenters. The van der Waals surface area contributed by atoms with Gasteiger partial charge in [0.05, 0.1) is 0 Å². The van der Waals surface area contributed by atoms with Crippen LogP contribution in [0.3, 0.4) is 0 Å². The Labute approximate surface area is 114 Å². The summed E-state index contributed by atoms with van der Waals surface area (Å²) < 4.78 is 0. The van der Waals surface area contributed by atoms with Crippen LogP contribution in [0, 0.1) is 0 Å². The van der Waals surface area contributed by atoms with Crippen molar-refractivity contribution in [3.63, 3.8) is 0 Å². The molecule has 0 spiro atoms. The van der Waals surface area contributed by atoms with Crippen molar-refractivity contribution in [1.29, 1.82) is 0 Å². The molecule has 0 heterocycles. The molecular weight excluding hydrogens is 238 g/mol. The smallest absolute Gasteiger partial charge is 0.251 e. The first-order chi connectivity index (χ1) is 9.16. The van der Waals surface area contributed by atoms with Crippen LogP contribution in [0.25, 0.3) is 0 Å². The molecule has 1 aromatic rings. The largest absolute Gasteiger partial charge is 0.349 e. The third kappa shape index (κ3) is 3.91. The van der Waals surface area contributed by atoms with Crippen LogP contribution in [-0.4, -0.2) is 17.7 Å². The molecule has 1 saturated carbocycles. The highest BCUT2D eigenvalue weighted by Crippen LogP contribution is 2.17. The molecule has 1 amide bonds. The van der Waals surface area contributed by atoms with E-state index in [2.05, 4.69) is 5.32 Å². The van der Waals surface area contributed by atoms with Gasteiger partial charge in [0.1, 0.15) is 0 Å². The van der Waals surface area contributed by atoms with Gasteiger partial charge in [-0.15, -0.1) is 0 Å². The Balaban J connectivity index is 1.96. The number of hydrogen-bond acceptors (Lipinski definition) is 2. The molecule has 1 aromatic carbocycles. The van der Waals surface area contributed by atoms with Gasteiger partial charge in [-0.3, -0.25) is 9.59 Å². The minimum atomic E-state index is -0.0259. The zero-order valence-corrected chi connectivity index (χ0v) is 11.4. The standard InChI is InChI=1S/C16H21NO2/c1-12(18)13-8-10-14(11-9-13)16(19)17-15-6-4-2-3-5-7-15/h8-11,15H,2-7H2,1H3,(H,17,19). The lowest BCUT2D eigenvalue weighted by Crippen LogP contribution is -2.34. The number of rotatable bonds is 3. The van der Waals surface area contributed by atoms with E-state index in [0.717, 1.165) is 12.8 Å². The zero-order chi connectivity index (χ0) is 13.7. The summed E-state index contributed by atoms with van der Waals surface area (Å²) in [5.41, 5.74) is 1.28. The minimum Gasteiger partial charge on any atom is -0.349 e. The highest BCUT2D eigenvalue weighted by Gasteiger charge is 2.15. The van der Waals surface area contributed by atoms with Gasteiger partial charge in [-0.25, -0.2) is 0 Å². The zero-order valence-electron chi connectivity index (χ0n) is 11.4. The second-order valence-corrected chi connectivity index (χ2v) is 5.30. The molecule has 1 aliphatic carbocycles. The third-order valence-corrected chi connectivity index (χ3v) is 3.74. The Morgan fingerprint density at radius 2 is 1.47 bits per heavy atom. The van der Waals surface area contributed by atoms with Gasteiger partial charge >= 0.3 is 0 Å². The van der Waals surface area contributed by atoms with E-state index in [0.29, 0.717) is 17.2 Å². The van der Waals surface area contributed by atoms with Gasteiger partial charge < -0.3 is 5.32 Å². The maximum absolute atomic E-state index is 12.1. The Kier molecular flexibility index (Phi) is 4.72. The van der Waals surface area contributed by atoms with Gasteiger partial charge in [-0.1, -0.05) is 37.8 Å². The summed E-state index contributed by atoms with van der Waals surface area (Å²) in [6.45, 7) is 1.53. The highest BCUT2D eigenvalue weighted by atomic mass is 16.1. The van der Waals surface area contributed by atoms with Crippen molar-refractivity contribution >= 4 is 11.7 Å². The van der Waals surface area contributed by atoms with E-state index in [9.17, 15) is 9.59 Å². The summed E-state index contributed by atoms with van der Waals surface area (Å²) in [6, 6.07) is 7.18. The number of Topliss-reactive ketones (excluding diaryl/α,β-unsaturated/α-hetero) is 1. The first-order valence-electron chi connectivity index (χ1n) is 7.08. The van der Waals surface area contributed by atoms with E-state index < -0.39 is 0 Å². The average Bonchev–Trinajstić information content (AvgIpc) is 2.67. The number of carbonyl (C=O) groups is 2. The number of benzene rings is 1. The highest BCUT2D eigenvalue weighted by molar-refractivity contribution is 5.97. The second-order valence-electron chi connectivity index (χ2n) is 5.30. The fourth-order valence-corrected chi connectivity index (χ4v) is 2.55. The Hall–Kier alpha value is -1.64. The summed E-state index contributed by atoms with van der Waals surface area (Å²) in [6.07, 6.45) is 7.12. The molecule has 0 radical (unpaired) electrons. The average molecular weight is 259 g/mol. The summed E-state index contributed by atoms with van der Waals surface area (Å²) in [5.74, 6) is -0.00210. The predicted octanol–water partition coefficient (Wildman–Crippen LogP) is 3.34. The fourth-order valence-electron chi connectivity index (χ4n) is 2.55. The van der Waals surface area contributed by atoms with Crippen LogP contribution in [-0.2, 0) is 0 Å². The molecule has 3 heteroatoms. The molecule has 1 fully saturated rings. The summed E-state index contributed by atoms with van der Waals surface area (Å²) in [4.78, 5) is 23.3. The molecule has 0 aliphatic heterocycles. The van der Waals surface area contributed by atoms with E-state index in [-0.39, 0.29) is 11.7 Å². The molecule has 0 aromatic heterocycles. The molecule has 102 valence electrons. The number of ketones is 1. The van der Waals surface area contributed by atoms with Crippen molar-refractivity contribution in [2.24, 2.45) is 0 Å². The topological polar surface area (TPSA) is 46.2 Å². The summed E-state index contributed by atoms with van der Waals surface area (Å²) in [7, 11) is 0. The van der Waals surface area contributed by atoms with Crippen molar-refractivity contribution in [3.8, 4) is 0 Å². The van der Waals surface area contributed by atoms with Gasteiger partial charge in [-0.2, -0.15) is 0 Å². The van der Waals surface area contributed by atoms with Crippen molar-refractivity contribution in [2.45, 2.75) is 51.5 Å².